The van der Waals surface area contributed by atoms with Crippen LogP contribution in [0.4, 0.5) is 26.3 Å². The fourth-order valence-electron chi connectivity index (χ4n) is 3.29. The summed E-state index contributed by atoms with van der Waals surface area (Å²) in [4.78, 5) is 17.8. The maximum Gasteiger partial charge on any atom is 0.425 e. The number of hydrogen-bond acceptors (Lipinski definition) is 5. The molecule has 6 nitrogen and oxygen atoms in total. The van der Waals surface area contributed by atoms with Gasteiger partial charge in [-0.25, -0.2) is 8.42 Å². The van der Waals surface area contributed by atoms with Crippen molar-refractivity contribution >= 4 is 15.7 Å². The van der Waals surface area contributed by atoms with Crippen LogP contribution < -0.4 is 4.74 Å². The lowest BCUT2D eigenvalue weighted by Crippen LogP contribution is -2.33. The molecule has 13 heteroatoms. The Morgan fingerprint density at radius 2 is 1.82 bits per heavy atom. The number of fused-ring (bicyclic) bond motifs is 1. The number of hydrogen-bond donors (Lipinski definition) is 0. The van der Waals surface area contributed by atoms with E-state index in [1.807, 2.05) is 0 Å². The van der Waals surface area contributed by atoms with Crippen molar-refractivity contribution in [3.05, 3.63) is 52.8 Å². The minimum Gasteiger partial charge on any atom is -0.480 e. The lowest BCUT2D eigenvalue weighted by atomic mass is 10.1. The Morgan fingerprint density at radius 3 is 2.36 bits per heavy atom. The normalized spacial score (nSPS) is 17.6. The Balaban J connectivity index is 2.02. The van der Waals surface area contributed by atoms with Crippen LogP contribution in [0.25, 0.3) is 0 Å². The number of alkyl halides is 6. The molecule has 1 aromatic carbocycles. The first-order valence-corrected chi connectivity index (χ1v) is 11.3. The van der Waals surface area contributed by atoms with Gasteiger partial charge in [-0.1, -0.05) is 0 Å². The quantitative estimate of drug-likeness (QED) is 0.581. The number of halogens is 6. The van der Waals surface area contributed by atoms with Crippen LogP contribution in [-0.4, -0.2) is 42.7 Å². The van der Waals surface area contributed by atoms with Gasteiger partial charge in [-0.3, -0.25) is 9.78 Å². The number of ether oxygens (including phenoxy) is 1. The van der Waals surface area contributed by atoms with Gasteiger partial charge in [0.1, 0.15) is 5.75 Å². The summed E-state index contributed by atoms with van der Waals surface area (Å²) in [6, 6.07) is 2.79. The van der Waals surface area contributed by atoms with Crippen molar-refractivity contribution in [2.75, 3.05) is 6.26 Å². The molecule has 0 aliphatic carbocycles. The van der Waals surface area contributed by atoms with Crippen molar-refractivity contribution < 1.29 is 44.3 Å². The van der Waals surface area contributed by atoms with Gasteiger partial charge in [-0.05, 0) is 43.7 Å². The molecule has 1 aliphatic rings. The number of pyridine rings is 1. The number of carbonyl (C=O) groups is 1. The van der Waals surface area contributed by atoms with E-state index in [4.69, 9.17) is 4.74 Å². The molecule has 0 spiro atoms. The van der Waals surface area contributed by atoms with E-state index in [2.05, 4.69) is 4.98 Å². The monoisotopic (exact) mass is 496 g/mol. The summed E-state index contributed by atoms with van der Waals surface area (Å²) in [5.74, 6) is -1.42. The van der Waals surface area contributed by atoms with E-state index in [1.54, 1.807) is 0 Å². The van der Waals surface area contributed by atoms with Crippen LogP contribution in [0.3, 0.4) is 0 Å². The lowest BCUT2D eigenvalue weighted by molar-refractivity contribution is -0.189. The molecule has 0 saturated carbocycles. The second-order valence-electron chi connectivity index (χ2n) is 7.60. The molecule has 1 unspecified atom stereocenters. The van der Waals surface area contributed by atoms with Crippen LogP contribution in [0.15, 0.2) is 35.4 Å². The van der Waals surface area contributed by atoms with Crippen LogP contribution in [0.1, 0.15) is 47.1 Å². The van der Waals surface area contributed by atoms with Gasteiger partial charge in [-0.2, -0.15) is 26.3 Å². The van der Waals surface area contributed by atoms with Crippen molar-refractivity contribution in [1.29, 1.82) is 0 Å². The van der Waals surface area contributed by atoms with E-state index in [0.29, 0.717) is 6.20 Å². The third-order valence-electron chi connectivity index (χ3n) is 5.20. The van der Waals surface area contributed by atoms with Gasteiger partial charge < -0.3 is 9.64 Å². The summed E-state index contributed by atoms with van der Waals surface area (Å²) < 4.78 is 107. The van der Waals surface area contributed by atoms with Crippen molar-refractivity contribution in [2.24, 2.45) is 0 Å². The van der Waals surface area contributed by atoms with Crippen molar-refractivity contribution in [2.45, 2.75) is 49.8 Å². The first kappa shape index (κ1) is 24.8. The largest absolute Gasteiger partial charge is 0.480 e. The first-order valence-electron chi connectivity index (χ1n) is 9.44. The average Bonchev–Trinajstić information content (AvgIpc) is 3.01. The fourth-order valence-corrected chi connectivity index (χ4v) is 3.94. The third-order valence-corrected chi connectivity index (χ3v) is 6.31. The van der Waals surface area contributed by atoms with Crippen molar-refractivity contribution in [1.82, 2.24) is 9.88 Å². The molecule has 1 amide bonds. The second-order valence-corrected chi connectivity index (χ2v) is 9.61. The zero-order valence-electron chi connectivity index (χ0n) is 17.5. The Hall–Kier alpha value is -2.83. The highest BCUT2D eigenvalue weighted by atomic mass is 32.2. The molecule has 0 N–H and O–H groups in total. The zero-order valence-corrected chi connectivity index (χ0v) is 18.3. The zero-order chi connectivity index (χ0) is 24.9. The molecular weight excluding hydrogens is 478 g/mol. The summed E-state index contributed by atoms with van der Waals surface area (Å²) in [5, 5.41) is 0. The summed E-state index contributed by atoms with van der Waals surface area (Å²) in [6.45, 7) is 1.94. The van der Waals surface area contributed by atoms with Gasteiger partial charge in [0, 0.05) is 12.5 Å². The van der Waals surface area contributed by atoms with E-state index in [0.717, 1.165) is 42.3 Å². The van der Waals surface area contributed by atoms with Gasteiger partial charge in [0.2, 0.25) is 0 Å². The van der Waals surface area contributed by atoms with E-state index in [-0.39, 0.29) is 22.7 Å². The summed E-state index contributed by atoms with van der Waals surface area (Å²) in [7, 11) is -3.83. The maximum atomic E-state index is 13.3. The number of amides is 1. The minimum atomic E-state index is -4.76. The van der Waals surface area contributed by atoms with Gasteiger partial charge in [0.25, 0.3) is 5.91 Å². The summed E-state index contributed by atoms with van der Waals surface area (Å²) in [5.41, 5.74) is -1.16. The molecule has 0 fully saturated rings. The number of carbonyl (C=O) groups excluding carboxylic acids is 1. The summed E-state index contributed by atoms with van der Waals surface area (Å²) >= 11 is 0. The number of aromatic nitrogens is 1. The second kappa shape index (κ2) is 8.19. The van der Waals surface area contributed by atoms with Crippen LogP contribution in [-0.2, 0) is 22.6 Å². The van der Waals surface area contributed by atoms with E-state index < -0.39 is 57.1 Å². The van der Waals surface area contributed by atoms with Gasteiger partial charge in [0.05, 0.1) is 34.3 Å². The first-order chi connectivity index (χ1) is 15.0. The molecule has 1 aromatic heterocycles. The Kier molecular flexibility index (Phi) is 6.15. The molecule has 2 heterocycles. The highest BCUT2D eigenvalue weighted by Gasteiger charge is 2.40. The predicted octanol–water partition coefficient (Wildman–Crippen LogP) is 4.55. The highest BCUT2D eigenvalue weighted by Crippen LogP contribution is 2.39. The van der Waals surface area contributed by atoms with Crippen LogP contribution in [0.2, 0.25) is 0 Å². The molecule has 1 aliphatic heterocycles. The lowest BCUT2D eigenvalue weighted by Gasteiger charge is -2.25. The predicted molar refractivity (Wildman–Crippen MR) is 103 cm³/mol. The van der Waals surface area contributed by atoms with E-state index in [9.17, 15) is 39.6 Å². The Morgan fingerprint density at radius 1 is 1.18 bits per heavy atom. The van der Waals surface area contributed by atoms with E-state index >= 15 is 0 Å². The molecule has 2 aromatic rings. The molecule has 33 heavy (non-hydrogen) atoms. The smallest absolute Gasteiger partial charge is 0.425 e. The standard InChI is InChI=1S/C20H18F6N2O4S/c1-10-14-6-12(20(24,25)26)8-27-16(14)9-28(10)18(29)15-7-13(33(3,30)31)4-5-17(15)32-11(2)19(21,22)23/h4-8,10-11H,9H2,1-3H3/t10?,11-/m0/s1. The number of benzene rings is 1. The molecular formula is C20H18F6N2O4S. The number of nitrogens with zero attached hydrogens (tertiary/aromatic N) is 2. The van der Waals surface area contributed by atoms with E-state index in [1.165, 1.54) is 6.92 Å². The molecule has 180 valence electrons. The SMILES string of the molecule is CC1c2cc(C(F)(F)F)cnc2CN1C(=O)c1cc(S(C)(=O)=O)ccc1O[C@@H](C)C(F)(F)F. The average molecular weight is 496 g/mol. The number of rotatable bonds is 4. The Labute approximate surface area is 185 Å². The molecule has 2 atom stereocenters. The highest BCUT2D eigenvalue weighted by molar-refractivity contribution is 7.90. The minimum absolute atomic E-state index is 0.128. The fraction of sp³-hybridized carbons (Fsp3) is 0.400. The van der Waals surface area contributed by atoms with Crippen molar-refractivity contribution in [3.63, 3.8) is 0 Å². The molecule has 0 radical (unpaired) electrons. The third kappa shape index (κ3) is 5.07. The van der Waals surface area contributed by atoms with Crippen LogP contribution in [0, 0.1) is 0 Å². The maximum absolute atomic E-state index is 13.3. The molecule has 0 bridgehead atoms. The summed E-state index contributed by atoms with van der Waals surface area (Å²) in [6.07, 6.45) is -10.2. The molecule has 3 rings (SSSR count). The number of sulfone groups is 1. The van der Waals surface area contributed by atoms with Gasteiger partial charge >= 0.3 is 12.4 Å². The van der Waals surface area contributed by atoms with Crippen molar-refractivity contribution in [3.8, 4) is 5.75 Å². The molecule has 0 saturated heterocycles. The van der Waals surface area contributed by atoms with Gasteiger partial charge in [0.15, 0.2) is 15.9 Å². The van der Waals surface area contributed by atoms with Crippen LogP contribution >= 0.6 is 0 Å². The topological polar surface area (TPSA) is 76.6 Å². The van der Waals surface area contributed by atoms with Gasteiger partial charge in [-0.15, -0.1) is 0 Å². The van der Waals surface area contributed by atoms with Crippen LogP contribution in [0.5, 0.6) is 5.75 Å². The Bertz CT molecular complexity index is 1190.